The molecular formula is C12H6N4O8Y5-4. The van der Waals surface area contributed by atoms with Crippen molar-refractivity contribution in [2.75, 3.05) is 7.05 Å². The predicted octanol–water partition coefficient (Wildman–Crippen LogP) is -2.30. The van der Waals surface area contributed by atoms with E-state index in [9.17, 15) is 38.4 Å². The Labute approximate surface area is 289 Å². The van der Waals surface area contributed by atoms with Gasteiger partial charge in [0.05, 0.1) is 35.4 Å². The molecule has 0 aliphatic carbocycles. The number of carbonyl (C=O) groups is 8. The molecule has 0 aromatic rings. The Hall–Kier alpha value is 2.08. The van der Waals surface area contributed by atoms with Crippen LogP contribution in [0.3, 0.4) is 0 Å². The van der Waals surface area contributed by atoms with E-state index in [1.807, 2.05) is 0 Å². The minimum Gasteiger partial charge on any atom is -0.593 e. The monoisotopic (exact) mass is 779 g/mol. The van der Waals surface area contributed by atoms with Crippen LogP contribution in [0.25, 0.3) is 16.0 Å². The van der Waals surface area contributed by atoms with E-state index < -0.39 is 58.1 Å². The first-order valence-electron chi connectivity index (χ1n) is 5.87. The molecule has 0 unspecified atom stereocenters. The molecule has 4 aliphatic heterocycles. The Bertz CT molecular complexity index is 721. The van der Waals surface area contributed by atoms with Crippen LogP contribution in [-0.2, 0) is 202 Å². The maximum absolute atomic E-state index is 11.0. The van der Waals surface area contributed by atoms with Crippen LogP contribution in [0, 0.1) is 18.3 Å². The minimum atomic E-state index is -2.11. The van der Waals surface area contributed by atoms with Crippen LogP contribution in [0.4, 0.5) is 0 Å². The zero-order valence-corrected chi connectivity index (χ0v) is 29.1. The van der Waals surface area contributed by atoms with Crippen molar-refractivity contribution >= 4 is 47.3 Å². The van der Waals surface area contributed by atoms with Crippen molar-refractivity contribution in [3.8, 4) is 0 Å². The van der Waals surface area contributed by atoms with Gasteiger partial charge in [-0.2, -0.15) is 0 Å². The van der Waals surface area contributed by atoms with Crippen LogP contribution < -0.4 is 0 Å². The quantitative estimate of drug-likeness (QED) is 0.150. The third-order valence-electron chi connectivity index (χ3n) is 3.78. The van der Waals surface area contributed by atoms with Gasteiger partial charge in [-0.25, -0.2) is 0 Å². The molecular weight excluding hydrogens is 773 g/mol. The first-order chi connectivity index (χ1) is 10.6. The van der Waals surface area contributed by atoms with Crippen molar-refractivity contribution in [1.82, 2.24) is 4.90 Å². The number of carbonyl (C=O) groups excluding carboxylic acids is 8. The molecule has 2 spiro atoms. The molecule has 4 rings (SSSR count). The van der Waals surface area contributed by atoms with E-state index in [-0.39, 0.29) is 171 Å². The van der Waals surface area contributed by atoms with E-state index >= 15 is 0 Å². The SMILES string of the molecule is CN1C(=O)C2(C(=O)[N-]C2=O)C1=O.O=C1[N-]C(=O)C12C(=O)[N-]C2=O.[CH3-].[Y].[Y].[Y].[Y].[Y]. The molecule has 0 saturated carbocycles. The van der Waals surface area contributed by atoms with Gasteiger partial charge < -0.3 is 52.1 Å². The number of hydrogen-bond acceptors (Lipinski definition) is 8. The van der Waals surface area contributed by atoms with Gasteiger partial charge in [0.1, 0.15) is 5.41 Å². The van der Waals surface area contributed by atoms with Crippen LogP contribution in [-0.4, -0.2) is 59.2 Å². The van der Waals surface area contributed by atoms with Gasteiger partial charge in [-0.05, 0) is 0 Å². The summed E-state index contributed by atoms with van der Waals surface area (Å²) in [5.41, 5.74) is -4.16. The van der Waals surface area contributed by atoms with Crippen LogP contribution >= 0.6 is 0 Å². The van der Waals surface area contributed by atoms with Gasteiger partial charge in [-0.15, -0.1) is 0 Å². The summed E-state index contributed by atoms with van der Waals surface area (Å²) in [5.74, 6) is -7.31. The third-order valence-corrected chi connectivity index (χ3v) is 3.78. The summed E-state index contributed by atoms with van der Waals surface area (Å²) in [6, 6.07) is 0. The fraction of sp³-hybridized carbons (Fsp3) is 0.250. The van der Waals surface area contributed by atoms with E-state index in [4.69, 9.17) is 0 Å². The molecule has 0 atom stereocenters. The molecule has 5 radical (unpaired) electrons. The Balaban J connectivity index is -0.000000179. The van der Waals surface area contributed by atoms with Gasteiger partial charge in [-0.1, -0.05) is 0 Å². The van der Waals surface area contributed by atoms with E-state index in [1.165, 1.54) is 7.05 Å². The molecule has 29 heavy (non-hydrogen) atoms. The second-order valence-electron chi connectivity index (χ2n) is 4.84. The van der Waals surface area contributed by atoms with Crippen molar-refractivity contribution in [2.45, 2.75) is 0 Å². The van der Waals surface area contributed by atoms with Gasteiger partial charge in [0.15, 0.2) is 0 Å². The summed E-state index contributed by atoms with van der Waals surface area (Å²) >= 11 is 0. The molecule has 0 N–H and O–H groups in total. The van der Waals surface area contributed by atoms with Gasteiger partial charge in [-0.3, -0.25) is 14.5 Å². The smallest absolute Gasteiger partial charge is 0.256 e. The fourth-order valence-corrected chi connectivity index (χ4v) is 2.26. The molecule has 0 bridgehead atoms. The molecule has 4 aliphatic rings. The number of rotatable bonds is 0. The van der Waals surface area contributed by atoms with Crippen molar-refractivity contribution in [3.05, 3.63) is 23.4 Å². The topological polar surface area (TPSA) is 182 Å². The second kappa shape index (κ2) is 13.1. The minimum absolute atomic E-state index is 0. The maximum Gasteiger partial charge on any atom is 0.256 e. The van der Waals surface area contributed by atoms with Crippen LogP contribution in [0.1, 0.15) is 0 Å². The standard InChI is InChI=1S/C6H4N2O4.C5H2N2O4.CH3.5Y/c1-8-4(11)6(5(8)12)2(9)7-3(6)10;8-1-5(2(9)6-1)3(10)7-4(5)11;;;;;;/h1H3,(H,7,9,10);(H2,6,7,8,9,10,11);1H3;;;;;/q;;-1;;;;;/p-3. The summed E-state index contributed by atoms with van der Waals surface area (Å²) in [4.78, 5) is 86.6. The normalized spacial score (nSPS) is 20.1. The number of β-lactam (4-membered cyclic amide) rings is 8. The molecule has 0 aromatic heterocycles. The van der Waals surface area contributed by atoms with Crippen molar-refractivity contribution in [2.24, 2.45) is 10.8 Å². The molecule has 4 saturated heterocycles. The first kappa shape index (κ1) is 38.3. The van der Waals surface area contributed by atoms with Crippen molar-refractivity contribution < 1.29 is 202 Å². The zero-order valence-electron chi connectivity index (χ0n) is 14.9. The van der Waals surface area contributed by atoms with Crippen LogP contribution in [0.15, 0.2) is 0 Å². The molecule has 4 fully saturated rings. The Morgan fingerprint density at radius 2 is 0.724 bits per heavy atom. The predicted molar refractivity (Wildman–Crippen MR) is 69.2 cm³/mol. The van der Waals surface area contributed by atoms with Gasteiger partial charge in [0.2, 0.25) is 5.41 Å². The number of hydrogen-bond donors (Lipinski definition) is 0. The van der Waals surface area contributed by atoms with E-state index in [0.29, 0.717) is 0 Å². The van der Waals surface area contributed by atoms with E-state index in [1.54, 1.807) is 0 Å². The molecule has 0 aromatic carbocycles. The summed E-state index contributed by atoms with van der Waals surface area (Å²) < 4.78 is 0. The summed E-state index contributed by atoms with van der Waals surface area (Å²) in [7, 11) is 1.22. The number of imide groups is 4. The average molecular weight is 779 g/mol. The summed E-state index contributed by atoms with van der Waals surface area (Å²) in [6.07, 6.45) is 0. The summed E-state index contributed by atoms with van der Waals surface area (Å²) in [5, 5.41) is 8.52. The maximum atomic E-state index is 11.0. The van der Waals surface area contributed by atoms with Crippen LogP contribution in [0.2, 0.25) is 0 Å². The zero-order chi connectivity index (χ0) is 17.3. The first-order valence-corrected chi connectivity index (χ1v) is 5.87. The molecule has 4 heterocycles. The molecule has 141 valence electrons. The number of amides is 8. The van der Waals surface area contributed by atoms with Gasteiger partial charge >= 0.3 is 0 Å². The third kappa shape index (κ3) is 4.83. The van der Waals surface area contributed by atoms with Gasteiger partial charge in [0.25, 0.3) is 11.8 Å². The van der Waals surface area contributed by atoms with Crippen LogP contribution in [0.5, 0.6) is 0 Å². The molecule has 8 amide bonds. The Morgan fingerprint density at radius 3 is 0.828 bits per heavy atom. The second-order valence-corrected chi connectivity index (χ2v) is 4.84. The Kier molecular flexibility index (Phi) is 17.3. The van der Waals surface area contributed by atoms with E-state index in [0.717, 1.165) is 4.90 Å². The Morgan fingerprint density at radius 1 is 0.517 bits per heavy atom. The summed E-state index contributed by atoms with van der Waals surface area (Å²) in [6.45, 7) is 0. The number of nitrogens with zero attached hydrogens (tertiary/aromatic N) is 4. The van der Waals surface area contributed by atoms with Gasteiger partial charge in [0, 0.05) is 171 Å². The largest absolute Gasteiger partial charge is 0.593 e. The van der Waals surface area contributed by atoms with Crippen molar-refractivity contribution in [1.29, 1.82) is 0 Å². The molecule has 12 nitrogen and oxygen atoms in total. The average Bonchev–Trinajstić information content (AvgIpc) is 2.47. The van der Waals surface area contributed by atoms with E-state index in [2.05, 4.69) is 16.0 Å². The van der Waals surface area contributed by atoms with Crippen molar-refractivity contribution in [3.63, 3.8) is 0 Å². The number of likely N-dealkylation sites (tertiary alicyclic amines) is 1. The fourth-order valence-electron chi connectivity index (χ4n) is 2.26. The molecule has 17 heteroatoms.